The fourth-order valence-electron chi connectivity index (χ4n) is 1.76. The molecule has 4 nitrogen and oxygen atoms in total. The highest BCUT2D eigenvalue weighted by atomic mass is 35.5. The molecular weight excluding hydrogens is 321 g/mol. The van der Waals surface area contributed by atoms with Crippen LogP contribution in [0.15, 0.2) is 30.6 Å². The number of hydrogen-bond donors (Lipinski definition) is 1. The number of anilines is 2. The van der Waals surface area contributed by atoms with Crippen molar-refractivity contribution in [2.45, 2.75) is 0 Å². The molecule has 0 saturated heterocycles. The van der Waals surface area contributed by atoms with E-state index in [1.807, 2.05) is 0 Å². The molecule has 8 heteroatoms. The molecule has 0 aliphatic carbocycles. The van der Waals surface area contributed by atoms with Gasteiger partial charge in [0.1, 0.15) is 27.8 Å². The van der Waals surface area contributed by atoms with Crippen LogP contribution >= 0.6 is 23.2 Å². The summed E-state index contributed by atoms with van der Waals surface area (Å²) in [6.45, 7) is 0. The first-order valence-corrected chi connectivity index (χ1v) is 6.49. The van der Waals surface area contributed by atoms with E-state index in [0.29, 0.717) is 11.0 Å². The molecule has 0 atom stereocenters. The normalized spacial score (nSPS) is 10.9. The van der Waals surface area contributed by atoms with Gasteiger partial charge in [-0.05, 0) is 24.3 Å². The summed E-state index contributed by atoms with van der Waals surface area (Å²) in [7, 11) is 0. The SMILES string of the molecule is Fc1ccc(Nc2ncnc3ccc(Cl)nc23)c(F)c1Cl. The summed E-state index contributed by atoms with van der Waals surface area (Å²) in [6, 6.07) is 5.51. The highest BCUT2D eigenvalue weighted by Crippen LogP contribution is 2.29. The Labute approximate surface area is 127 Å². The van der Waals surface area contributed by atoms with Gasteiger partial charge < -0.3 is 5.32 Å². The zero-order chi connectivity index (χ0) is 15.0. The average Bonchev–Trinajstić information content (AvgIpc) is 2.48. The third-order valence-corrected chi connectivity index (χ3v) is 3.29. The minimum absolute atomic E-state index is 0.0248. The van der Waals surface area contributed by atoms with Gasteiger partial charge in [0, 0.05) is 0 Å². The molecule has 2 heterocycles. The molecular formula is C13H6Cl2F2N4. The van der Waals surface area contributed by atoms with Gasteiger partial charge in [0.15, 0.2) is 11.6 Å². The first-order chi connectivity index (χ1) is 10.1. The number of pyridine rings is 1. The second kappa shape index (κ2) is 5.38. The summed E-state index contributed by atoms with van der Waals surface area (Å²) in [6.07, 6.45) is 1.29. The molecule has 0 unspecified atom stereocenters. The fourth-order valence-corrected chi connectivity index (χ4v) is 2.07. The van der Waals surface area contributed by atoms with Crippen LogP contribution in [-0.2, 0) is 0 Å². The molecule has 3 aromatic rings. The highest BCUT2D eigenvalue weighted by Gasteiger charge is 2.14. The lowest BCUT2D eigenvalue weighted by atomic mass is 10.2. The Bertz CT molecular complexity index is 842. The Morgan fingerprint density at radius 1 is 1.00 bits per heavy atom. The quantitative estimate of drug-likeness (QED) is 0.561. The maximum absolute atomic E-state index is 13.9. The van der Waals surface area contributed by atoms with Crippen LogP contribution in [0.3, 0.4) is 0 Å². The fraction of sp³-hybridized carbons (Fsp3) is 0. The number of rotatable bonds is 2. The lowest BCUT2D eigenvalue weighted by Crippen LogP contribution is -2.00. The molecule has 3 rings (SSSR count). The van der Waals surface area contributed by atoms with Gasteiger partial charge in [0.25, 0.3) is 0 Å². The van der Waals surface area contributed by atoms with E-state index >= 15 is 0 Å². The maximum Gasteiger partial charge on any atom is 0.168 e. The van der Waals surface area contributed by atoms with Crippen LogP contribution in [0.5, 0.6) is 0 Å². The number of aromatic nitrogens is 3. The Kier molecular flexibility index (Phi) is 3.57. The third kappa shape index (κ3) is 2.59. The molecule has 0 radical (unpaired) electrons. The third-order valence-electron chi connectivity index (χ3n) is 2.74. The minimum Gasteiger partial charge on any atom is -0.336 e. The molecule has 1 aromatic carbocycles. The number of nitrogens with one attached hydrogen (secondary N) is 1. The number of halogens is 4. The van der Waals surface area contributed by atoms with Gasteiger partial charge in [0.05, 0.1) is 11.2 Å². The summed E-state index contributed by atoms with van der Waals surface area (Å²) in [5.41, 5.74) is 0.874. The number of nitrogens with zero attached hydrogens (tertiary/aromatic N) is 3. The van der Waals surface area contributed by atoms with Crippen molar-refractivity contribution < 1.29 is 8.78 Å². The molecule has 0 aliphatic rings. The van der Waals surface area contributed by atoms with Crippen LogP contribution in [0.25, 0.3) is 11.0 Å². The largest absolute Gasteiger partial charge is 0.336 e. The van der Waals surface area contributed by atoms with E-state index in [-0.39, 0.29) is 16.7 Å². The summed E-state index contributed by atoms with van der Waals surface area (Å²) < 4.78 is 27.1. The van der Waals surface area contributed by atoms with Crippen LogP contribution in [0.2, 0.25) is 10.2 Å². The molecule has 0 spiro atoms. The predicted molar refractivity (Wildman–Crippen MR) is 77.0 cm³/mol. The van der Waals surface area contributed by atoms with Gasteiger partial charge >= 0.3 is 0 Å². The Hall–Kier alpha value is -2.05. The molecule has 0 fully saturated rings. The topological polar surface area (TPSA) is 50.7 Å². The number of hydrogen-bond acceptors (Lipinski definition) is 4. The molecule has 21 heavy (non-hydrogen) atoms. The van der Waals surface area contributed by atoms with Crippen LogP contribution < -0.4 is 5.32 Å². The van der Waals surface area contributed by atoms with Gasteiger partial charge in [-0.2, -0.15) is 0 Å². The second-order valence-corrected chi connectivity index (χ2v) is 4.84. The highest BCUT2D eigenvalue weighted by molar-refractivity contribution is 6.31. The summed E-state index contributed by atoms with van der Waals surface area (Å²) in [4.78, 5) is 12.1. The van der Waals surface area contributed by atoms with E-state index in [1.165, 1.54) is 12.4 Å². The first-order valence-electron chi connectivity index (χ1n) is 5.74. The van der Waals surface area contributed by atoms with Crippen LogP contribution in [0.1, 0.15) is 0 Å². The zero-order valence-corrected chi connectivity index (χ0v) is 11.8. The minimum atomic E-state index is -0.912. The van der Waals surface area contributed by atoms with Gasteiger partial charge in [-0.15, -0.1) is 0 Å². The van der Waals surface area contributed by atoms with E-state index in [9.17, 15) is 8.78 Å². The molecule has 0 bridgehead atoms. The smallest absolute Gasteiger partial charge is 0.168 e. The van der Waals surface area contributed by atoms with Crippen LogP contribution in [-0.4, -0.2) is 15.0 Å². The van der Waals surface area contributed by atoms with Crippen molar-refractivity contribution in [2.75, 3.05) is 5.32 Å². The van der Waals surface area contributed by atoms with Crippen molar-refractivity contribution in [1.82, 2.24) is 15.0 Å². The van der Waals surface area contributed by atoms with Gasteiger partial charge in [-0.25, -0.2) is 23.7 Å². The van der Waals surface area contributed by atoms with Gasteiger partial charge in [-0.3, -0.25) is 0 Å². The Morgan fingerprint density at radius 3 is 2.62 bits per heavy atom. The zero-order valence-electron chi connectivity index (χ0n) is 10.2. The molecule has 0 amide bonds. The lowest BCUT2D eigenvalue weighted by molar-refractivity contribution is 0.587. The van der Waals surface area contributed by atoms with E-state index < -0.39 is 16.7 Å². The molecule has 1 N–H and O–H groups in total. The second-order valence-electron chi connectivity index (χ2n) is 4.07. The predicted octanol–water partition coefficient (Wildman–Crippen LogP) is 4.35. The summed E-state index contributed by atoms with van der Waals surface area (Å²) >= 11 is 11.4. The summed E-state index contributed by atoms with van der Waals surface area (Å²) in [5, 5.41) is 2.37. The van der Waals surface area contributed by atoms with E-state index in [2.05, 4.69) is 20.3 Å². The Balaban J connectivity index is 2.10. The molecule has 0 saturated carbocycles. The molecule has 0 aliphatic heterocycles. The average molecular weight is 327 g/mol. The van der Waals surface area contributed by atoms with Crippen LogP contribution in [0.4, 0.5) is 20.3 Å². The van der Waals surface area contributed by atoms with Crippen molar-refractivity contribution in [3.05, 3.63) is 52.4 Å². The number of fused-ring (bicyclic) bond motifs is 1. The van der Waals surface area contributed by atoms with E-state index in [4.69, 9.17) is 23.2 Å². The first kappa shape index (κ1) is 13.9. The van der Waals surface area contributed by atoms with E-state index in [1.54, 1.807) is 12.1 Å². The monoisotopic (exact) mass is 326 g/mol. The van der Waals surface area contributed by atoms with E-state index in [0.717, 1.165) is 6.07 Å². The number of benzene rings is 1. The summed E-state index contributed by atoms with van der Waals surface area (Å²) in [5.74, 6) is -1.51. The van der Waals surface area contributed by atoms with Crippen molar-refractivity contribution in [3.8, 4) is 0 Å². The van der Waals surface area contributed by atoms with Crippen LogP contribution in [0, 0.1) is 11.6 Å². The van der Waals surface area contributed by atoms with Crippen molar-refractivity contribution in [3.63, 3.8) is 0 Å². The van der Waals surface area contributed by atoms with Crippen molar-refractivity contribution in [2.24, 2.45) is 0 Å². The van der Waals surface area contributed by atoms with Crippen molar-refractivity contribution >= 4 is 45.7 Å². The molecule has 106 valence electrons. The Morgan fingerprint density at radius 2 is 1.81 bits per heavy atom. The molecule has 2 aromatic heterocycles. The lowest BCUT2D eigenvalue weighted by Gasteiger charge is -2.09. The van der Waals surface area contributed by atoms with Crippen molar-refractivity contribution in [1.29, 1.82) is 0 Å². The maximum atomic E-state index is 13.9. The van der Waals surface area contributed by atoms with Gasteiger partial charge in [0.2, 0.25) is 0 Å². The van der Waals surface area contributed by atoms with Gasteiger partial charge in [-0.1, -0.05) is 23.2 Å². The standard InChI is InChI=1S/C13H6Cl2F2N4/c14-9-4-3-8-12(21-9)13(19-5-18-8)20-7-2-1-6(16)10(15)11(7)17/h1-5H,(H,18,19,20).